The summed E-state index contributed by atoms with van der Waals surface area (Å²) in [7, 11) is 3.26. The highest BCUT2D eigenvalue weighted by Crippen LogP contribution is 2.19. The Labute approximate surface area is 133 Å². The molecule has 1 aliphatic heterocycles. The van der Waals surface area contributed by atoms with E-state index in [0.717, 1.165) is 0 Å². The van der Waals surface area contributed by atoms with E-state index in [1.54, 1.807) is 42.8 Å². The highest BCUT2D eigenvalue weighted by Gasteiger charge is 2.35. The molecule has 8 nitrogen and oxygen atoms in total. The summed E-state index contributed by atoms with van der Waals surface area (Å²) >= 11 is 0. The van der Waals surface area contributed by atoms with Crippen LogP contribution < -0.4 is 4.74 Å². The maximum absolute atomic E-state index is 13.0. The van der Waals surface area contributed by atoms with E-state index in [4.69, 9.17) is 4.74 Å². The first-order valence-electron chi connectivity index (χ1n) is 7.40. The van der Waals surface area contributed by atoms with Crippen LogP contribution in [-0.4, -0.2) is 69.5 Å². The standard InChI is InChI=1S/C15H19N5O3/c1-9-13(20-11(16-9)5-6-12(17-20)23-4)15(22)19-8-7-18(3)14(21)10(19)2/h5-6,10H,7-8H2,1-4H3. The van der Waals surface area contributed by atoms with Crippen LogP contribution in [0.3, 0.4) is 0 Å². The zero-order chi connectivity index (χ0) is 16.7. The monoisotopic (exact) mass is 317 g/mol. The SMILES string of the molecule is COc1ccc2nc(C)c(C(=O)N3CCN(C)C(=O)C3C)n2n1. The molecule has 0 spiro atoms. The van der Waals surface area contributed by atoms with Crippen LogP contribution in [0, 0.1) is 6.92 Å². The van der Waals surface area contributed by atoms with Gasteiger partial charge in [-0.25, -0.2) is 9.50 Å². The fraction of sp³-hybridized carbons (Fsp3) is 0.467. The zero-order valence-electron chi connectivity index (χ0n) is 13.6. The molecule has 3 heterocycles. The minimum atomic E-state index is -0.503. The second kappa shape index (κ2) is 5.53. The number of nitrogens with zero attached hydrogens (tertiary/aromatic N) is 5. The summed E-state index contributed by atoms with van der Waals surface area (Å²) in [5.74, 6) is 0.0813. The van der Waals surface area contributed by atoms with Gasteiger partial charge in [0.25, 0.3) is 5.91 Å². The van der Waals surface area contributed by atoms with Gasteiger partial charge in [-0.2, -0.15) is 0 Å². The third-order valence-corrected chi connectivity index (χ3v) is 4.18. The number of carbonyl (C=O) groups is 2. The van der Waals surface area contributed by atoms with Gasteiger partial charge < -0.3 is 14.5 Å². The number of piperazine rings is 1. The molecule has 1 fully saturated rings. The second-order valence-electron chi connectivity index (χ2n) is 5.63. The molecule has 122 valence electrons. The lowest BCUT2D eigenvalue weighted by atomic mass is 10.1. The van der Waals surface area contributed by atoms with Crippen LogP contribution >= 0.6 is 0 Å². The number of rotatable bonds is 2. The molecular weight excluding hydrogens is 298 g/mol. The Morgan fingerprint density at radius 1 is 1.35 bits per heavy atom. The lowest BCUT2D eigenvalue weighted by Gasteiger charge is -2.37. The van der Waals surface area contributed by atoms with Crippen molar-refractivity contribution in [3.63, 3.8) is 0 Å². The Morgan fingerprint density at radius 2 is 2.09 bits per heavy atom. The maximum atomic E-state index is 13.0. The Hall–Kier alpha value is -2.64. The molecule has 23 heavy (non-hydrogen) atoms. The predicted octanol–water partition coefficient (Wildman–Crippen LogP) is 0.349. The highest BCUT2D eigenvalue weighted by atomic mass is 16.5. The van der Waals surface area contributed by atoms with Crippen LogP contribution in [0.2, 0.25) is 0 Å². The molecule has 2 aromatic rings. The van der Waals surface area contributed by atoms with E-state index in [9.17, 15) is 9.59 Å². The van der Waals surface area contributed by atoms with E-state index >= 15 is 0 Å². The molecule has 0 N–H and O–H groups in total. The highest BCUT2D eigenvalue weighted by molar-refractivity contribution is 5.98. The van der Waals surface area contributed by atoms with Gasteiger partial charge in [0.1, 0.15) is 6.04 Å². The maximum Gasteiger partial charge on any atom is 0.275 e. The number of aromatic nitrogens is 3. The number of hydrogen-bond donors (Lipinski definition) is 0. The first-order chi connectivity index (χ1) is 10.9. The molecule has 1 unspecified atom stereocenters. The molecule has 8 heteroatoms. The van der Waals surface area contributed by atoms with Gasteiger partial charge in [0.2, 0.25) is 11.8 Å². The Morgan fingerprint density at radius 3 is 2.78 bits per heavy atom. The van der Waals surface area contributed by atoms with Crippen molar-refractivity contribution in [3.05, 3.63) is 23.5 Å². The molecule has 1 atom stereocenters. The lowest BCUT2D eigenvalue weighted by Crippen LogP contribution is -2.56. The zero-order valence-corrected chi connectivity index (χ0v) is 13.6. The molecule has 0 bridgehead atoms. The number of hydrogen-bond acceptors (Lipinski definition) is 5. The van der Waals surface area contributed by atoms with Gasteiger partial charge in [0, 0.05) is 26.2 Å². The Kier molecular flexibility index (Phi) is 3.67. The van der Waals surface area contributed by atoms with Crippen molar-refractivity contribution in [3.8, 4) is 5.88 Å². The van der Waals surface area contributed by atoms with Gasteiger partial charge >= 0.3 is 0 Å². The fourth-order valence-electron chi connectivity index (χ4n) is 2.81. The normalized spacial score (nSPS) is 18.6. The largest absolute Gasteiger partial charge is 0.480 e. The van der Waals surface area contributed by atoms with Crippen molar-refractivity contribution < 1.29 is 14.3 Å². The number of ether oxygens (including phenoxy) is 1. The van der Waals surface area contributed by atoms with Crippen molar-refractivity contribution in [2.24, 2.45) is 0 Å². The van der Waals surface area contributed by atoms with Crippen molar-refractivity contribution >= 4 is 17.5 Å². The topological polar surface area (TPSA) is 80.0 Å². The van der Waals surface area contributed by atoms with Gasteiger partial charge in [0.15, 0.2) is 11.3 Å². The molecule has 1 saturated heterocycles. The molecule has 2 amide bonds. The van der Waals surface area contributed by atoms with Gasteiger partial charge in [0.05, 0.1) is 12.8 Å². The number of imidazole rings is 1. The van der Waals surface area contributed by atoms with Gasteiger partial charge in [-0.05, 0) is 19.9 Å². The molecule has 1 aliphatic rings. The number of methoxy groups -OCH3 is 1. The smallest absolute Gasteiger partial charge is 0.275 e. The van der Waals surface area contributed by atoms with Gasteiger partial charge in [-0.15, -0.1) is 5.10 Å². The van der Waals surface area contributed by atoms with Crippen molar-refractivity contribution in [2.45, 2.75) is 19.9 Å². The average Bonchev–Trinajstić information content (AvgIpc) is 2.87. The quantitative estimate of drug-likeness (QED) is 0.798. The van der Waals surface area contributed by atoms with Crippen LogP contribution in [0.1, 0.15) is 23.1 Å². The van der Waals surface area contributed by atoms with E-state index in [1.807, 2.05) is 0 Å². The molecular formula is C15H19N5O3. The summed E-state index contributed by atoms with van der Waals surface area (Å²) < 4.78 is 6.60. The third kappa shape index (κ3) is 2.39. The van der Waals surface area contributed by atoms with Crippen molar-refractivity contribution in [2.75, 3.05) is 27.2 Å². The van der Waals surface area contributed by atoms with Crippen LogP contribution in [0.5, 0.6) is 5.88 Å². The fourth-order valence-corrected chi connectivity index (χ4v) is 2.81. The first-order valence-corrected chi connectivity index (χ1v) is 7.40. The molecule has 0 saturated carbocycles. The molecule has 0 radical (unpaired) electrons. The number of carbonyl (C=O) groups excluding carboxylic acids is 2. The van der Waals surface area contributed by atoms with Crippen LogP contribution in [-0.2, 0) is 4.79 Å². The summed E-state index contributed by atoms with van der Waals surface area (Å²) in [6.07, 6.45) is 0. The first kappa shape index (κ1) is 15.3. The second-order valence-corrected chi connectivity index (χ2v) is 5.63. The van der Waals surface area contributed by atoms with E-state index < -0.39 is 6.04 Å². The van der Waals surface area contributed by atoms with E-state index in [0.29, 0.717) is 36.0 Å². The lowest BCUT2D eigenvalue weighted by molar-refractivity contribution is -0.137. The van der Waals surface area contributed by atoms with E-state index in [2.05, 4.69) is 10.1 Å². The molecule has 0 aromatic carbocycles. The minimum Gasteiger partial charge on any atom is -0.480 e. The third-order valence-electron chi connectivity index (χ3n) is 4.18. The molecule has 3 rings (SSSR count). The summed E-state index contributed by atoms with van der Waals surface area (Å²) in [4.78, 5) is 32.7. The van der Waals surface area contributed by atoms with Crippen molar-refractivity contribution in [1.29, 1.82) is 0 Å². The van der Waals surface area contributed by atoms with Crippen LogP contribution in [0.15, 0.2) is 12.1 Å². The van der Waals surface area contributed by atoms with Crippen molar-refractivity contribution in [1.82, 2.24) is 24.4 Å². The number of fused-ring (bicyclic) bond motifs is 1. The summed E-state index contributed by atoms with van der Waals surface area (Å²) in [6, 6.07) is 2.93. The summed E-state index contributed by atoms with van der Waals surface area (Å²) in [5.41, 5.74) is 1.51. The van der Waals surface area contributed by atoms with Crippen LogP contribution in [0.25, 0.3) is 5.65 Å². The predicted molar refractivity (Wildman–Crippen MR) is 82.4 cm³/mol. The average molecular weight is 317 g/mol. The minimum absolute atomic E-state index is 0.0680. The number of amides is 2. The van der Waals surface area contributed by atoms with Gasteiger partial charge in [-0.3, -0.25) is 9.59 Å². The summed E-state index contributed by atoms with van der Waals surface area (Å²) in [6.45, 7) is 4.50. The Bertz CT molecular complexity index is 785. The van der Waals surface area contributed by atoms with Crippen LogP contribution in [0.4, 0.5) is 0 Å². The number of aryl methyl sites for hydroxylation is 1. The molecule has 2 aromatic heterocycles. The molecule has 0 aliphatic carbocycles. The van der Waals surface area contributed by atoms with E-state index in [1.165, 1.54) is 11.6 Å². The van der Waals surface area contributed by atoms with E-state index in [-0.39, 0.29) is 11.8 Å². The Balaban J connectivity index is 2.04. The van der Waals surface area contributed by atoms with Gasteiger partial charge in [-0.1, -0.05) is 0 Å². The number of likely N-dealkylation sites (N-methyl/N-ethyl adjacent to an activating group) is 1. The summed E-state index contributed by atoms with van der Waals surface area (Å²) in [5, 5.41) is 4.28.